The molecule has 0 aromatic heterocycles. The fraction of sp³-hybridized carbons (Fsp3) is 0.360. The zero-order chi connectivity index (χ0) is 25.9. The van der Waals surface area contributed by atoms with Gasteiger partial charge in [-0.15, -0.1) is 0 Å². The molecule has 0 unspecified atom stereocenters. The quantitative estimate of drug-likeness (QED) is 0.567. The van der Waals surface area contributed by atoms with Crippen LogP contribution < -0.4 is 19.5 Å². The Labute approximate surface area is 201 Å². The monoisotopic (exact) mass is 492 g/mol. The number of Topliss-reactive ketones (excluding diaryl/α,β-unsaturated/α-hetero) is 1. The summed E-state index contributed by atoms with van der Waals surface area (Å²) < 4.78 is 55.7. The average molecular weight is 492 g/mol. The van der Waals surface area contributed by atoms with E-state index >= 15 is 0 Å². The highest BCUT2D eigenvalue weighted by atomic mass is 19.4. The van der Waals surface area contributed by atoms with Gasteiger partial charge in [-0.2, -0.15) is 13.2 Å². The second kappa shape index (κ2) is 10.3. The summed E-state index contributed by atoms with van der Waals surface area (Å²) in [7, 11) is 4.49. The van der Waals surface area contributed by atoms with Crippen molar-refractivity contribution in [2.75, 3.05) is 27.9 Å². The Balaban J connectivity index is 1.93. The van der Waals surface area contributed by atoms with Crippen LogP contribution in [0.15, 0.2) is 47.7 Å². The molecular formula is C25H27F3N2O5. The smallest absolute Gasteiger partial charge is 0.416 e. The van der Waals surface area contributed by atoms with Crippen molar-refractivity contribution < 1.29 is 37.0 Å². The van der Waals surface area contributed by atoms with Gasteiger partial charge in [-0.1, -0.05) is 12.1 Å². The van der Waals surface area contributed by atoms with Gasteiger partial charge in [0.15, 0.2) is 17.3 Å². The maximum Gasteiger partial charge on any atom is 0.416 e. The Hall–Kier alpha value is -3.69. The molecule has 0 radical (unpaired) electrons. The molecule has 188 valence electrons. The average Bonchev–Trinajstić information content (AvgIpc) is 2.81. The standard InChI is InChI=1S/C25H27F3N2O5/c1-14-21(15(2)31)22(17-7-6-8-18(13-17)25(26,27)28)29-24(32)30(14)10-9-16-11-19(33-3)23(35-5)20(12-16)34-4/h6-8,11-13,22H,9-10H2,1-5H3,(H,29,32)/t22-/m0/s1. The molecule has 10 heteroatoms. The van der Waals surface area contributed by atoms with Gasteiger partial charge in [-0.05, 0) is 55.7 Å². The molecular weight excluding hydrogens is 465 g/mol. The highest BCUT2D eigenvalue weighted by Crippen LogP contribution is 2.39. The molecule has 0 fully saturated rings. The van der Waals surface area contributed by atoms with E-state index in [1.54, 1.807) is 19.1 Å². The Morgan fingerprint density at radius 1 is 1.06 bits per heavy atom. The van der Waals surface area contributed by atoms with E-state index in [9.17, 15) is 22.8 Å². The summed E-state index contributed by atoms with van der Waals surface area (Å²) in [5.74, 6) is 1.02. The number of ketones is 1. The molecule has 0 aliphatic carbocycles. The van der Waals surface area contributed by atoms with Gasteiger partial charge in [0, 0.05) is 17.8 Å². The van der Waals surface area contributed by atoms with Gasteiger partial charge in [-0.3, -0.25) is 9.69 Å². The number of allylic oxidation sites excluding steroid dienone is 1. The normalized spacial score (nSPS) is 16.2. The predicted molar refractivity (Wildman–Crippen MR) is 123 cm³/mol. The van der Waals surface area contributed by atoms with Crippen LogP contribution >= 0.6 is 0 Å². The summed E-state index contributed by atoms with van der Waals surface area (Å²) in [6.07, 6.45) is -4.16. The van der Waals surface area contributed by atoms with Gasteiger partial charge in [0.25, 0.3) is 0 Å². The topological polar surface area (TPSA) is 77.1 Å². The number of hydrogen-bond acceptors (Lipinski definition) is 5. The predicted octanol–water partition coefficient (Wildman–Crippen LogP) is 4.90. The van der Waals surface area contributed by atoms with E-state index in [0.717, 1.165) is 17.7 Å². The Morgan fingerprint density at radius 3 is 2.20 bits per heavy atom. The van der Waals surface area contributed by atoms with Crippen LogP contribution in [0.5, 0.6) is 17.2 Å². The fourth-order valence-electron chi connectivity index (χ4n) is 4.17. The molecule has 3 rings (SSSR count). The minimum absolute atomic E-state index is 0.182. The van der Waals surface area contributed by atoms with Crippen LogP contribution in [0.4, 0.5) is 18.0 Å². The minimum Gasteiger partial charge on any atom is -0.493 e. The fourth-order valence-corrected chi connectivity index (χ4v) is 4.17. The molecule has 2 aromatic rings. The Kier molecular flexibility index (Phi) is 7.62. The van der Waals surface area contributed by atoms with Crippen molar-refractivity contribution in [3.8, 4) is 17.2 Å². The maximum absolute atomic E-state index is 13.2. The van der Waals surface area contributed by atoms with Gasteiger partial charge in [0.2, 0.25) is 5.75 Å². The van der Waals surface area contributed by atoms with Crippen molar-refractivity contribution in [3.63, 3.8) is 0 Å². The van der Waals surface area contributed by atoms with Gasteiger partial charge < -0.3 is 19.5 Å². The molecule has 1 heterocycles. The first-order valence-electron chi connectivity index (χ1n) is 10.8. The maximum atomic E-state index is 13.2. The number of ether oxygens (including phenoxy) is 3. The molecule has 1 aliphatic heterocycles. The van der Waals surface area contributed by atoms with Crippen molar-refractivity contribution in [2.45, 2.75) is 32.5 Å². The lowest BCUT2D eigenvalue weighted by molar-refractivity contribution is -0.137. The summed E-state index contributed by atoms with van der Waals surface area (Å²) in [6.45, 7) is 3.15. The van der Waals surface area contributed by atoms with Crippen LogP contribution in [0.1, 0.15) is 36.6 Å². The number of nitrogens with zero attached hydrogens (tertiary/aromatic N) is 1. The largest absolute Gasteiger partial charge is 0.493 e. The summed E-state index contributed by atoms with van der Waals surface area (Å²) in [5, 5.41) is 2.69. The third-order valence-electron chi connectivity index (χ3n) is 5.87. The lowest BCUT2D eigenvalue weighted by Crippen LogP contribution is -2.48. The number of nitrogens with one attached hydrogen (secondary N) is 1. The van der Waals surface area contributed by atoms with E-state index in [0.29, 0.717) is 29.4 Å². The van der Waals surface area contributed by atoms with Crippen molar-refractivity contribution in [1.82, 2.24) is 10.2 Å². The molecule has 0 spiro atoms. The molecule has 1 atom stereocenters. The number of benzene rings is 2. The first-order valence-corrected chi connectivity index (χ1v) is 10.8. The number of carbonyl (C=O) groups excluding carboxylic acids is 2. The van der Waals surface area contributed by atoms with E-state index in [-0.39, 0.29) is 23.5 Å². The summed E-state index contributed by atoms with van der Waals surface area (Å²) in [4.78, 5) is 26.9. The van der Waals surface area contributed by atoms with Gasteiger partial charge in [0.05, 0.1) is 32.9 Å². The van der Waals surface area contributed by atoms with E-state index < -0.39 is 23.8 Å². The third kappa shape index (κ3) is 5.36. The second-order valence-electron chi connectivity index (χ2n) is 8.00. The number of urea groups is 1. The van der Waals surface area contributed by atoms with Crippen molar-refractivity contribution in [2.24, 2.45) is 0 Å². The molecule has 7 nitrogen and oxygen atoms in total. The van der Waals surface area contributed by atoms with Crippen molar-refractivity contribution >= 4 is 11.8 Å². The molecule has 2 aromatic carbocycles. The third-order valence-corrected chi connectivity index (χ3v) is 5.87. The van der Waals surface area contributed by atoms with Crippen LogP contribution in [0, 0.1) is 0 Å². The summed E-state index contributed by atoms with van der Waals surface area (Å²) >= 11 is 0. The first-order chi connectivity index (χ1) is 16.5. The number of halogens is 3. The van der Waals surface area contributed by atoms with E-state index in [1.165, 1.54) is 45.3 Å². The number of hydrogen-bond donors (Lipinski definition) is 1. The number of methoxy groups -OCH3 is 3. The van der Waals surface area contributed by atoms with E-state index in [1.807, 2.05) is 0 Å². The molecule has 0 saturated heterocycles. The Bertz CT molecular complexity index is 1140. The molecule has 1 N–H and O–H groups in total. The molecule has 2 amide bonds. The Morgan fingerprint density at radius 2 is 1.69 bits per heavy atom. The van der Waals surface area contributed by atoms with Crippen molar-refractivity contribution in [1.29, 1.82) is 0 Å². The number of amides is 2. The summed E-state index contributed by atoms with van der Waals surface area (Å²) in [5.41, 5.74) is 0.742. The molecule has 1 aliphatic rings. The van der Waals surface area contributed by atoms with E-state index in [2.05, 4.69) is 5.32 Å². The molecule has 0 saturated carbocycles. The highest BCUT2D eigenvalue weighted by molar-refractivity contribution is 5.98. The zero-order valence-corrected chi connectivity index (χ0v) is 20.1. The van der Waals surface area contributed by atoms with Gasteiger partial charge in [-0.25, -0.2) is 4.79 Å². The zero-order valence-electron chi connectivity index (χ0n) is 20.1. The summed E-state index contributed by atoms with van der Waals surface area (Å²) in [6, 6.07) is 6.64. The van der Waals surface area contributed by atoms with Gasteiger partial charge in [0.1, 0.15) is 0 Å². The van der Waals surface area contributed by atoms with Crippen LogP contribution in [0.3, 0.4) is 0 Å². The highest BCUT2D eigenvalue weighted by Gasteiger charge is 2.36. The molecule has 0 bridgehead atoms. The van der Waals surface area contributed by atoms with Crippen molar-refractivity contribution in [3.05, 3.63) is 64.4 Å². The SMILES string of the molecule is COc1cc(CCN2C(=O)N[C@@H](c3cccc(C(F)(F)F)c3)C(C(C)=O)=C2C)cc(OC)c1OC. The van der Waals surface area contributed by atoms with Crippen LogP contribution in [0.2, 0.25) is 0 Å². The van der Waals surface area contributed by atoms with E-state index in [4.69, 9.17) is 14.2 Å². The first kappa shape index (κ1) is 25.9. The van der Waals surface area contributed by atoms with Crippen LogP contribution in [-0.4, -0.2) is 44.6 Å². The molecule has 35 heavy (non-hydrogen) atoms. The number of alkyl halides is 3. The lowest BCUT2D eigenvalue weighted by Gasteiger charge is -2.35. The number of carbonyl (C=O) groups is 2. The van der Waals surface area contributed by atoms with Crippen LogP contribution in [-0.2, 0) is 17.4 Å². The lowest BCUT2D eigenvalue weighted by atomic mass is 9.91. The second-order valence-corrected chi connectivity index (χ2v) is 8.00. The van der Waals surface area contributed by atoms with Gasteiger partial charge >= 0.3 is 12.2 Å². The number of rotatable bonds is 8. The van der Waals surface area contributed by atoms with Crippen LogP contribution in [0.25, 0.3) is 0 Å². The minimum atomic E-state index is -4.55.